The third-order valence-corrected chi connectivity index (χ3v) is 19.1. The molecule has 2 aromatic carbocycles. The van der Waals surface area contributed by atoms with Gasteiger partial charge in [-0.1, -0.05) is 111 Å². The first-order valence-corrected chi connectivity index (χ1v) is 38.7. The monoisotopic (exact) mass is 1570 g/mol. The average molecular weight is 1580 g/mol. The number of hydrogen-bond donors (Lipinski definition) is 9. The van der Waals surface area contributed by atoms with Crippen molar-refractivity contribution in [3.8, 4) is 0 Å². The van der Waals surface area contributed by atoms with E-state index in [0.29, 0.717) is 122 Å². The van der Waals surface area contributed by atoms with Crippen molar-refractivity contribution in [2.75, 3.05) is 152 Å². The molecule has 0 aromatic heterocycles. The normalized spacial score (nSPS) is 15.9. The van der Waals surface area contributed by atoms with Crippen molar-refractivity contribution in [3.63, 3.8) is 0 Å². The highest BCUT2D eigenvalue weighted by atomic mass is 16.6. The SMILES string of the molecule is CC[C@@H](C)[C@H](C(CC(=O)N1CCC[C@@H]1[C@@H](OC)[C@H](C)C(=O)N[C@@H](C)[C@H](O)c1ccccc1)OC)N(C)C(=O)[C@H](NC(=O)[C@@H](C(C)C)N(C)C(=O)OCc1ccc(NC(=O)[C@@H](CCCNC(N)=O)NC(=O)[C@H](NC(=O)CCOCCOCCOCCOCCOCCOCCOCCOCCC(=O)O)C(C)C)cc1)C(C)C. The number of carboxylic acid groups (broad SMARTS) is 1. The van der Waals surface area contributed by atoms with Crippen molar-refractivity contribution in [2.24, 2.45) is 35.3 Å². The number of ether oxygens (including phenoxy) is 11. The highest BCUT2D eigenvalue weighted by Crippen LogP contribution is 2.31. The van der Waals surface area contributed by atoms with Crippen molar-refractivity contribution in [3.05, 3.63) is 65.7 Å². The van der Waals surface area contributed by atoms with E-state index in [1.807, 2.05) is 32.0 Å². The lowest BCUT2D eigenvalue weighted by Gasteiger charge is -2.41. The van der Waals surface area contributed by atoms with Crippen LogP contribution in [0.5, 0.6) is 0 Å². The molecule has 0 aliphatic carbocycles. The summed E-state index contributed by atoms with van der Waals surface area (Å²) < 4.78 is 61.3. The van der Waals surface area contributed by atoms with E-state index in [9.17, 15) is 53.1 Å². The Bertz CT molecular complexity index is 3050. The van der Waals surface area contributed by atoms with Crippen LogP contribution in [0.2, 0.25) is 0 Å². The predicted molar refractivity (Wildman–Crippen MR) is 412 cm³/mol. The summed E-state index contributed by atoms with van der Waals surface area (Å²) in [5, 5.41) is 36.2. The minimum Gasteiger partial charge on any atom is -0.481 e. The smallest absolute Gasteiger partial charge is 0.410 e. The van der Waals surface area contributed by atoms with Gasteiger partial charge in [-0.05, 0) is 79.5 Å². The molecule has 1 saturated heterocycles. The summed E-state index contributed by atoms with van der Waals surface area (Å²) >= 11 is 0. The molecule has 630 valence electrons. The van der Waals surface area contributed by atoms with Crippen molar-refractivity contribution < 1.29 is 110 Å². The second-order valence-electron chi connectivity index (χ2n) is 28.6. The van der Waals surface area contributed by atoms with E-state index < -0.39 is 132 Å². The molecule has 10 amide bonds. The molecule has 0 spiro atoms. The third-order valence-electron chi connectivity index (χ3n) is 19.1. The van der Waals surface area contributed by atoms with Crippen LogP contribution in [-0.2, 0) is 97.1 Å². The minimum atomic E-state index is -1.13. The molecular weight excluding hydrogens is 1440 g/mol. The topological polar surface area (TPSA) is 421 Å². The number of anilines is 1. The molecule has 1 unspecified atom stereocenters. The fraction of sp³-hybridized carbons (Fsp3) is 0.718. The summed E-state index contributed by atoms with van der Waals surface area (Å²) in [6.07, 6.45) is -1.22. The third kappa shape index (κ3) is 36.8. The highest BCUT2D eigenvalue weighted by Gasteiger charge is 2.44. The van der Waals surface area contributed by atoms with Crippen LogP contribution in [0.4, 0.5) is 15.3 Å². The molecule has 10 N–H and O–H groups in total. The van der Waals surface area contributed by atoms with E-state index in [1.165, 1.54) is 26.2 Å². The number of likely N-dealkylation sites (N-methyl/N-ethyl adjacent to an activating group) is 2. The number of amides is 10. The van der Waals surface area contributed by atoms with Crippen LogP contribution in [-0.4, -0.2) is 286 Å². The molecule has 2 aromatic rings. The number of hydrogen-bond acceptors (Lipinski definition) is 22. The number of nitrogens with one attached hydrogen (secondary N) is 6. The van der Waals surface area contributed by atoms with Crippen molar-refractivity contribution in [1.82, 2.24) is 41.3 Å². The Morgan fingerprint density at radius 3 is 1.59 bits per heavy atom. The van der Waals surface area contributed by atoms with Gasteiger partial charge in [0.05, 0.1) is 161 Å². The average Bonchev–Trinajstić information content (AvgIpc) is 1.44. The Labute approximate surface area is 655 Å². The molecule has 0 bridgehead atoms. The van der Waals surface area contributed by atoms with Crippen LogP contribution >= 0.6 is 0 Å². The first-order valence-electron chi connectivity index (χ1n) is 38.7. The molecule has 1 aliphatic rings. The number of nitrogens with two attached hydrogens (primary N) is 1. The Morgan fingerprint density at radius 1 is 0.595 bits per heavy atom. The first kappa shape index (κ1) is 97.5. The molecule has 0 radical (unpaired) electrons. The summed E-state index contributed by atoms with van der Waals surface area (Å²) in [5.74, 6) is -6.31. The van der Waals surface area contributed by atoms with Gasteiger partial charge in [-0.3, -0.25) is 43.3 Å². The molecule has 1 aliphatic heterocycles. The second kappa shape index (κ2) is 54.9. The Balaban J connectivity index is 1.50. The number of benzene rings is 2. The van der Waals surface area contributed by atoms with E-state index >= 15 is 0 Å². The number of primary amides is 1. The summed E-state index contributed by atoms with van der Waals surface area (Å²) in [6, 6.07) is 8.68. The van der Waals surface area contributed by atoms with Crippen LogP contribution < -0.4 is 37.6 Å². The fourth-order valence-electron chi connectivity index (χ4n) is 12.6. The molecule has 0 saturated carbocycles. The number of carbonyl (C=O) groups is 10. The number of carbonyl (C=O) groups excluding carboxylic acids is 9. The van der Waals surface area contributed by atoms with Crippen LogP contribution in [0.1, 0.15) is 138 Å². The first-order chi connectivity index (χ1) is 53.0. The van der Waals surface area contributed by atoms with Gasteiger partial charge in [0.25, 0.3) is 0 Å². The maximum Gasteiger partial charge on any atom is 0.410 e. The van der Waals surface area contributed by atoms with Crippen molar-refractivity contribution in [2.45, 2.75) is 188 Å². The predicted octanol–water partition coefficient (Wildman–Crippen LogP) is 4.59. The van der Waals surface area contributed by atoms with Gasteiger partial charge < -0.3 is 110 Å². The van der Waals surface area contributed by atoms with E-state index in [1.54, 1.807) is 109 Å². The summed E-state index contributed by atoms with van der Waals surface area (Å²) in [5.41, 5.74) is 6.79. The number of likely N-dealkylation sites (tertiary alicyclic amines) is 1. The molecular formula is C78H130N10O23. The lowest BCUT2D eigenvalue weighted by molar-refractivity contribution is -0.148. The van der Waals surface area contributed by atoms with E-state index in [2.05, 4.69) is 31.9 Å². The highest BCUT2D eigenvalue weighted by molar-refractivity contribution is 5.98. The number of rotatable bonds is 59. The van der Waals surface area contributed by atoms with E-state index in [0.717, 1.165) is 0 Å². The zero-order valence-corrected chi connectivity index (χ0v) is 67.8. The molecule has 1 heterocycles. The fourth-order valence-corrected chi connectivity index (χ4v) is 12.6. The Morgan fingerprint density at radius 2 is 1.12 bits per heavy atom. The van der Waals surface area contributed by atoms with Gasteiger partial charge >= 0.3 is 18.1 Å². The zero-order valence-electron chi connectivity index (χ0n) is 67.8. The van der Waals surface area contributed by atoms with Crippen LogP contribution in [0.25, 0.3) is 0 Å². The van der Waals surface area contributed by atoms with Crippen LogP contribution in [0, 0.1) is 29.6 Å². The van der Waals surface area contributed by atoms with Gasteiger partial charge in [0.2, 0.25) is 41.4 Å². The molecule has 33 heteroatoms. The molecule has 33 nitrogen and oxygen atoms in total. The molecule has 1 fully saturated rings. The van der Waals surface area contributed by atoms with Crippen LogP contribution in [0.3, 0.4) is 0 Å². The zero-order chi connectivity index (χ0) is 82.4. The maximum atomic E-state index is 14.9. The number of urea groups is 1. The molecule has 111 heavy (non-hydrogen) atoms. The lowest BCUT2D eigenvalue weighted by Crippen LogP contribution is -2.60. The van der Waals surface area contributed by atoms with E-state index in [-0.39, 0.29) is 89.4 Å². The number of aliphatic hydroxyl groups is 1. The standard InChI is InChI=1S/C78H130N10O23/c1-15-54(8)69(62(101-13)49-64(90)88-32-20-24-61(88)71(102-14)55(9)72(94)81-56(10)70(93)58-21-17-16-18-22-58)86(11)76(98)67(52(4)5)85-75(97)68(53(6)7)87(12)78(100)111-50-57-25-27-59(28-26-57)82-73(95)60(23-19-31-80-77(79)99)83-74(96)66(51(2)3)84-63(89)29-33-103-35-37-105-39-41-107-43-45-109-47-48-110-46-44-108-42-40-106-38-36-104-34-30-65(91)92/h16-18,21-22,25-28,51-56,60-62,66-71,93H,15,19-20,23-24,29-50H2,1-14H3,(H,81,94)(H,82,95)(H,83,96)(H,84,89)(H,85,97)(H,91,92)(H3,79,80,99)/t54-,55+,56+,60-,61-,62?,66-,67-,68-,69-,70+,71+/m1/s1. The summed E-state index contributed by atoms with van der Waals surface area (Å²) in [4.78, 5) is 139. The van der Waals surface area contributed by atoms with Gasteiger partial charge in [-0.25, -0.2) is 9.59 Å². The quantitative estimate of drug-likeness (QED) is 0.0409. The van der Waals surface area contributed by atoms with Gasteiger partial charge in [-0.15, -0.1) is 0 Å². The summed E-state index contributed by atoms with van der Waals surface area (Å²) in [6.45, 7) is 23.5. The van der Waals surface area contributed by atoms with E-state index in [4.69, 9.17) is 62.9 Å². The number of methoxy groups -OCH3 is 2. The molecule has 3 rings (SSSR count). The minimum absolute atomic E-state index is 0.0420. The van der Waals surface area contributed by atoms with Crippen molar-refractivity contribution >= 4 is 65.1 Å². The largest absolute Gasteiger partial charge is 0.481 e. The second-order valence-corrected chi connectivity index (χ2v) is 28.6. The van der Waals surface area contributed by atoms with Crippen molar-refractivity contribution in [1.29, 1.82) is 0 Å². The number of aliphatic carboxylic acids is 1. The maximum absolute atomic E-state index is 14.9. The number of aliphatic hydroxyl groups excluding tert-OH is 1. The van der Waals surface area contributed by atoms with Gasteiger partial charge in [-0.2, -0.15) is 0 Å². The van der Waals surface area contributed by atoms with Crippen LogP contribution in [0.15, 0.2) is 54.6 Å². The van der Waals surface area contributed by atoms with Gasteiger partial charge in [0.15, 0.2) is 0 Å². The number of carboxylic acids is 1. The van der Waals surface area contributed by atoms with Gasteiger partial charge in [0.1, 0.15) is 30.8 Å². The number of nitrogens with zero attached hydrogens (tertiary/aromatic N) is 3. The summed E-state index contributed by atoms with van der Waals surface area (Å²) in [7, 11) is 6.08. The van der Waals surface area contributed by atoms with Gasteiger partial charge in [0, 0.05) is 53.5 Å². The lowest BCUT2D eigenvalue weighted by atomic mass is 9.89. The Hall–Kier alpha value is -7.70. The Kier molecular flexibility index (Phi) is 48.2. The molecule has 12 atom stereocenters.